The minimum absolute atomic E-state index is 0.000937. The number of nitrogens with one attached hydrogen (secondary N) is 1. The Balaban J connectivity index is 1.79. The van der Waals surface area contributed by atoms with E-state index in [0.717, 1.165) is 28.5 Å². The number of anilines is 1. The van der Waals surface area contributed by atoms with Gasteiger partial charge in [-0.1, -0.05) is 0 Å². The molecule has 0 saturated heterocycles. The number of thiophene rings is 1. The molecule has 6 nitrogen and oxygen atoms in total. The number of methoxy groups -OCH3 is 1. The summed E-state index contributed by atoms with van der Waals surface area (Å²) in [6.07, 6.45) is -3.00. The first-order valence-corrected chi connectivity index (χ1v) is 8.64. The van der Waals surface area contributed by atoms with Crippen molar-refractivity contribution in [3.05, 3.63) is 34.0 Å². The van der Waals surface area contributed by atoms with Crippen LogP contribution < -0.4 is 5.32 Å². The van der Waals surface area contributed by atoms with Crippen molar-refractivity contribution in [2.45, 2.75) is 38.4 Å². The molecule has 1 N–H and O–H groups in total. The molecule has 2 aromatic rings. The summed E-state index contributed by atoms with van der Waals surface area (Å²) in [6, 6.07) is 2.58. The number of rotatable bonds is 5. The Bertz CT molecular complexity index is 853. The number of amides is 1. The normalized spacial score (nSPS) is 14.3. The highest BCUT2D eigenvalue weighted by molar-refractivity contribution is 7.16. The van der Waals surface area contributed by atoms with E-state index in [4.69, 9.17) is 0 Å². The molecule has 1 saturated carbocycles. The van der Waals surface area contributed by atoms with Gasteiger partial charge in [-0.05, 0) is 31.9 Å². The minimum Gasteiger partial charge on any atom is -0.465 e. The first-order chi connectivity index (χ1) is 12.2. The van der Waals surface area contributed by atoms with Crippen LogP contribution in [0.5, 0.6) is 0 Å². The maximum Gasteiger partial charge on any atom is 0.435 e. The Labute approximate surface area is 150 Å². The molecule has 1 amide bonds. The zero-order chi connectivity index (χ0) is 19.1. The summed E-state index contributed by atoms with van der Waals surface area (Å²) in [6.45, 7) is 1.40. The van der Waals surface area contributed by atoms with Crippen molar-refractivity contribution >= 4 is 28.2 Å². The SMILES string of the molecule is COC(=O)c1cc(C)sc1NC(=O)Cn1nc(C(F)(F)F)cc1C1CC1. The first-order valence-electron chi connectivity index (χ1n) is 7.82. The summed E-state index contributed by atoms with van der Waals surface area (Å²) in [5, 5.41) is 6.41. The van der Waals surface area contributed by atoms with Crippen LogP contribution in [0.1, 0.15) is 45.4 Å². The zero-order valence-electron chi connectivity index (χ0n) is 14.0. The molecule has 0 aliphatic heterocycles. The molecular weight excluding hydrogens is 371 g/mol. The number of carbonyl (C=O) groups is 2. The Morgan fingerprint density at radius 1 is 1.38 bits per heavy atom. The standard InChI is InChI=1S/C16H16F3N3O3S/c1-8-5-10(15(24)25-2)14(26-8)20-13(23)7-22-11(9-3-4-9)6-12(21-22)16(17,18)19/h5-6,9H,3-4,7H2,1-2H3,(H,20,23). The van der Waals surface area contributed by atoms with Gasteiger partial charge in [0.05, 0.1) is 12.7 Å². The number of aromatic nitrogens is 2. The van der Waals surface area contributed by atoms with E-state index in [0.29, 0.717) is 10.7 Å². The topological polar surface area (TPSA) is 73.2 Å². The Morgan fingerprint density at radius 3 is 2.65 bits per heavy atom. The number of ether oxygens (including phenoxy) is 1. The van der Waals surface area contributed by atoms with Gasteiger partial charge in [-0.15, -0.1) is 11.3 Å². The molecule has 10 heteroatoms. The molecule has 0 spiro atoms. The fraction of sp³-hybridized carbons (Fsp3) is 0.438. The second kappa shape index (κ2) is 6.75. The lowest BCUT2D eigenvalue weighted by molar-refractivity contribution is -0.141. The lowest BCUT2D eigenvalue weighted by Crippen LogP contribution is -2.21. The van der Waals surface area contributed by atoms with Crippen LogP contribution in [0.4, 0.5) is 18.2 Å². The molecule has 1 fully saturated rings. The van der Waals surface area contributed by atoms with Crippen LogP contribution in [-0.4, -0.2) is 28.8 Å². The molecule has 3 rings (SSSR count). The molecule has 0 radical (unpaired) electrons. The number of carbonyl (C=O) groups excluding carboxylic acids is 2. The van der Waals surface area contributed by atoms with Gasteiger partial charge >= 0.3 is 12.1 Å². The predicted octanol–water partition coefficient (Wildman–Crippen LogP) is 3.57. The van der Waals surface area contributed by atoms with Gasteiger partial charge in [0.2, 0.25) is 5.91 Å². The van der Waals surface area contributed by atoms with Gasteiger partial charge in [0.25, 0.3) is 0 Å². The zero-order valence-corrected chi connectivity index (χ0v) is 14.8. The molecule has 0 aromatic carbocycles. The van der Waals surface area contributed by atoms with E-state index in [-0.39, 0.29) is 18.0 Å². The van der Waals surface area contributed by atoms with Crippen molar-refractivity contribution in [1.29, 1.82) is 0 Å². The minimum atomic E-state index is -4.56. The largest absolute Gasteiger partial charge is 0.465 e. The number of alkyl halides is 3. The van der Waals surface area contributed by atoms with Gasteiger partial charge in [0, 0.05) is 16.5 Å². The number of nitrogens with zero attached hydrogens (tertiary/aromatic N) is 2. The summed E-state index contributed by atoms with van der Waals surface area (Å²) in [5.41, 5.74) is -0.389. The van der Waals surface area contributed by atoms with Crippen LogP contribution in [0.2, 0.25) is 0 Å². The maximum atomic E-state index is 12.9. The number of esters is 1. The van der Waals surface area contributed by atoms with Crippen LogP contribution in [0.15, 0.2) is 12.1 Å². The summed E-state index contributed by atoms with van der Waals surface area (Å²) >= 11 is 1.19. The van der Waals surface area contributed by atoms with Gasteiger partial charge in [0.15, 0.2) is 5.69 Å². The highest BCUT2D eigenvalue weighted by Gasteiger charge is 2.38. The monoisotopic (exact) mass is 387 g/mol. The van der Waals surface area contributed by atoms with Gasteiger partial charge in [0.1, 0.15) is 11.5 Å². The molecule has 0 bridgehead atoms. The van der Waals surface area contributed by atoms with Crippen LogP contribution in [0.3, 0.4) is 0 Å². The summed E-state index contributed by atoms with van der Waals surface area (Å²) in [4.78, 5) is 24.8. The smallest absolute Gasteiger partial charge is 0.435 e. The first kappa shape index (κ1) is 18.4. The second-order valence-electron chi connectivity index (χ2n) is 6.02. The van der Waals surface area contributed by atoms with Gasteiger partial charge < -0.3 is 10.1 Å². The van der Waals surface area contributed by atoms with Crippen LogP contribution in [-0.2, 0) is 22.3 Å². The van der Waals surface area contributed by atoms with E-state index >= 15 is 0 Å². The lowest BCUT2D eigenvalue weighted by atomic mass is 10.2. The third kappa shape index (κ3) is 3.90. The molecule has 26 heavy (non-hydrogen) atoms. The van der Waals surface area contributed by atoms with Crippen molar-refractivity contribution in [3.63, 3.8) is 0 Å². The average Bonchev–Trinajstić information content (AvgIpc) is 3.20. The molecule has 140 valence electrons. The second-order valence-corrected chi connectivity index (χ2v) is 7.28. The fourth-order valence-corrected chi connectivity index (χ4v) is 3.49. The molecule has 1 aliphatic rings. The molecule has 1 aliphatic carbocycles. The highest BCUT2D eigenvalue weighted by atomic mass is 32.1. The van der Waals surface area contributed by atoms with E-state index in [1.54, 1.807) is 13.0 Å². The lowest BCUT2D eigenvalue weighted by Gasteiger charge is -2.08. The van der Waals surface area contributed by atoms with E-state index in [1.807, 2.05) is 0 Å². The Kier molecular flexibility index (Phi) is 4.78. The van der Waals surface area contributed by atoms with Crippen molar-refractivity contribution in [2.24, 2.45) is 0 Å². The molecular formula is C16H16F3N3O3S. The van der Waals surface area contributed by atoms with E-state index in [1.165, 1.54) is 18.4 Å². The molecule has 2 heterocycles. The molecule has 0 atom stereocenters. The predicted molar refractivity (Wildman–Crippen MR) is 88.2 cm³/mol. The maximum absolute atomic E-state index is 12.9. The number of aryl methyl sites for hydroxylation is 1. The molecule has 2 aromatic heterocycles. The third-order valence-electron chi connectivity index (χ3n) is 3.90. The highest BCUT2D eigenvalue weighted by Crippen LogP contribution is 2.42. The Morgan fingerprint density at radius 2 is 2.08 bits per heavy atom. The van der Waals surface area contributed by atoms with Crippen LogP contribution >= 0.6 is 11.3 Å². The average molecular weight is 387 g/mol. The number of hydrogen-bond acceptors (Lipinski definition) is 5. The van der Waals surface area contributed by atoms with Crippen molar-refractivity contribution in [3.8, 4) is 0 Å². The van der Waals surface area contributed by atoms with Crippen molar-refractivity contribution in [2.75, 3.05) is 12.4 Å². The van der Waals surface area contributed by atoms with Gasteiger partial charge in [-0.3, -0.25) is 9.48 Å². The van der Waals surface area contributed by atoms with E-state index in [2.05, 4.69) is 15.2 Å². The van der Waals surface area contributed by atoms with Gasteiger partial charge in [-0.2, -0.15) is 18.3 Å². The summed E-state index contributed by atoms with van der Waals surface area (Å²) in [5.74, 6) is -1.15. The summed E-state index contributed by atoms with van der Waals surface area (Å²) in [7, 11) is 1.23. The van der Waals surface area contributed by atoms with E-state index in [9.17, 15) is 22.8 Å². The Hall–Kier alpha value is -2.36. The fourth-order valence-electron chi connectivity index (χ4n) is 2.57. The van der Waals surface area contributed by atoms with Crippen molar-refractivity contribution in [1.82, 2.24) is 9.78 Å². The number of halogens is 3. The third-order valence-corrected chi connectivity index (χ3v) is 4.87. The van der Waals surface area contributed by atoms with Crippen LogP contribution in [0, 0.1) is 6.92 Å². The van der Waals surface area contributed by atoms with Crippen molar-refractivity contribution < 1.29 is 27.5 Å². The molecule has 0 unspecified atom stereocenters. The van der Waals surface area contributed by atoms with Crippen LogP contribution in [0.25, 0.3) is 0 Å². The summed E-state index contributed by atoms with van der Waals surface area (Å²) < 4.78 is 44.5. The van der Waals surface area contributed by atoms with Gasteiger partial charge in [-0.25, -0.2) is 4.79 Å². The van der Waals surface area contributed by atoms with E-state index < -0.39 is 23.7 Å². The quantitative estimate of drug-likeness (QED) is 0.796. The number of hydrogen-bond donors (Lipinski definition) is 1.